The third-order valence-corrected chi connectivity index (χ3v) is 10.0. The molecule has 314 valence electrons. The molecule has 5 N–H and O–H groups in total. The van der Waals surface area contributed by atoms with Crippen molar-refractivity contribution in [2.45, 2.75) is 149 Å². The van der Waals surface area contributed by atoms with Crippen LogP contribution in [-0.4, -0.2) is 106 Å². The van der Waals surface area contributed by atoms with Gasteiger partial charge >= 0.3 is 18.1 Å². The summed E-state index contributed by atoms with van der Waals surface area (Å²) >= 11 is 0. The summed E-state index contributed by atoms with van der Waals surface area (Å²) in [5.41, 5.74) is 0.772. The van der Waals surface area contributed by atoms with Crippen molar-refractivity contribution >= 4 is 40.8 Å². The van der Waals surface area contributed by atoms with Crippen LogP contribution >= 0.6 is 0 Å². The van der Waals surface area contributed by atoms with Crippen LogP contribution in [0.1, 0.15) is 118 Å². The van der Waals surface area contributed by atoms with Gasteiger partial charge in [-0.2, -0.15) is 0 Å². The summed E-state index contributed by atoms with van der Waals surface area (Å²) in [7, 11) is 1.27. The van der Waals surface area contributed by atoms with Crippen molar-refractivity contribution in [3.05, 3.63) is 36.0 Å². The van der Waals surface area contributed by atoms with Crippen LogP contribution in [0.2, 0.25) is 0 Å². The molecule has 1 fully saturated rings. The highest BCUT2D eigenvalue weighted by Crippen LogP contribution is 2.26. The van der Waals surface area contributed by atoms with Crippen LogP contribution in [-0.2, 0) is 35.1 Å². The molecule has 16 heteroatoms. The van der Waals surface area contributed by atoms with Gasteiger partial charge in [0.2, 0.25) is 11.8 Å². The summed E-state index contributed by atoms with van der Waals surface area (Å²) in [6.45, 7) is 12.1. The second-order valence-electron chi connectivity index (χ2n) is 16.0. The van der Waals surface area contributed by atoms with E-state index in [1.807, 2.05) is 47.6 Å². The summed E-state index contributed by atoms with van der Waals surface area (Å²) in [6.07, 6.45) is 8.19. The number of piperidine rings is 1. The van der Waals surface area contributed by atoms with Crippen LogP contribution in [0.25, 0.3) is 10.9 Å². The predicted molar refractivity (Wildman–Crippen MR) is 209 cm³/mol. The molecule has 0 bridgehead atoms. The SMILES string of the molecule is CCCC[C@@H](NC(=O)C(Cc1cn(C(=O)OC)c2ccccc12)NC(=O)C(CC(C)(C)C)NC(=O)N1C(C)CCCC1C)C(=O)OCCCCCCON(O)O. The van der Waals surface area contributed by atoms with Crippen molar-refractivity contribution in [3.8, 4) is 0 Å². The lowest BCUT2D eigenvalue weighted by Crippen LogP contribution is -2.60. The monoisotopic (exact) mass is 788 g/mol. The number of hydrogen-bond acceptors (Lipinski definition) is 11. The molecule has 0 saturated carbocycles. The number of urea groups is 1. The maximum atomic E-state index is 14.3. The molecule has 1 aliphatic heterocycles. The molecular formula is C40H64N6O10. The molecule has 5 atom stereocenters. The molecule has 3 rings (SSSR count). The number of likely N-dealkylation sites (tertiary alicyclic amines) is 1. The van der Waals surface area contributed by atoms with E-state index < -0.39 is 42.0 Å². The second-order valence-corrected chi connectivity index (χ2v) is 16.0. The smallest absolute Gasteiger partial charge is 0.418 e. The number of nitrogens with one attached hydrogen (secondary N) is 3. The highest BCUT2D eigenvalue weighted by Gasteiger charge is 2.36. The Kier molecular flexibility index (Phi) is 18.5. The van der Waals surface area contributed by atoms with Gasteiger partial charge in [-0.15, -0.1) is 0 Å². The van der Waals surface area contributed by atoms with Crippen molar-refractivity contribution in [2.75, 3.05) is 20.3 Å². The predicted octanol–water partition coefficient (Wildman–Crippen LogP) is 5.85. The fourth-order valence-corrected chi connectivity index (χ4v) is 7.14. The zero-order valence-corrected chi connectivity index (χ0v) is 34.2. The van der Waals surface area contributed by atoms with Crippen molar-refractivity contribution in [3.63, 3.8) is 0 Å². The molecule has 0 spiro atoms. The number of para-hydroxylation sites is 1. The van der Waals surface area contributed by atoms with E-state index in [0.29, 0.717) is 55.0 Å². The topological polar surface area (TPSA) is 201 Å². The molecule has 16 nitrogen and oxygen atoms in total. The normalized spacial score (nSPS) is 17.6. The molecule has 1 saturated heterocycles. The van der Waals surface area contributed by atoms with E-state index >= 15 is 0 Å². The Morgan fingerprint density at radius 3 is 2.12 bits per heavy atom. The maximum Gasteiger partial charge on any atom is 0.418 e. The number of carbonyl (C=O) groups is 5. The van der Waals surface area contributed by atoms with E-state index in [2.05, 4.69) is 20.8 Å². The quantitative estimate of drug-likeness (QED) is 0.0612. The molecule has 4 unspecified atom stereocenters. The number of aromatic nitrogens is 1. The molecular weight excluding hydrogens is 724 g/mol. The number of rotatable bonds is 20. The number of unbranched alkanes of at least 4 members (excludes halogenated alkanes) is 4. The van der Waals surface area contributed by atoms with Gasteiger partial charge in [0.25, 0.3) is 0 Å². The minimum absolute atomic E-state index is 0.00222. The van der Waals surface area contributed by atoms with Gasteiger partial charge in [0.1, 0.15) is 18.1 Å². The van der Waals surface area contributed by atoms with Crippen LogP contribution < -0.4 is 16.0 Å². The first-order valence-corrected chi connectivity index (χ1v) is 19.9. The van der Waals surface area contributed by atoms with Gasteiger partial charge in [-0.05, 0) is 82.3 Å². The van der Waals surface area contributed by atoms with E-state index in [4.69, 9.17) is 19.9 Å². The molecule has 0 aliphatic carbocycles. The van der Waals surface area contributed by atoms with E-state index in [-0.39, 0.29) is 55.0 Å². The third-order valence-electron chi connectivity index (χ3n) is 10.0. The molecule has 2 heterocycles. The number of hydrogen-bond donors (Lipinski definition) is 5. The average molecular weight is 789 g/mol. The van der Waals surface area contributed by atoms with Crippen molar-refractivity contribution in [1.82, 2.24) is 30.8 Å². The first-order chi connectivity index (χ1) is 26.6. The lowest BCUT2D eigenvalue weighted by Gasteiger charge is -2.40. The largest absolute Gasteiger partial charge is 0.464 e. The number of ether oxygens (including phenoxy) is 2. The summed E-state index contributed by atoms with van der Waals surface area (Å²) in [5, 5.41) is 26.4. The average Bonchev–Trinajstić information content (AvgIpc) is 3.50. The van der Waals surface area contributed by atoms with Gasteiger partial charge < -0.3 is 30.3 Å². The number of methoxy groups -OCH3 is 1. The minimum atomic E-state index is -1.21. The van der Waals surface area contributed by atoms with Crippen molar-refractivity contribution in [2.24, 2.45) is 5.41 Å². The lowest BCUT2D eigenvalue weighted by molar-refractivity contribution is -0.492. The van der Waals surface area contributed by atoms with Crippen LogP contribution in [0.3, 0.4) is 0 Å². The van der Waals surface area contributed by atoms with Crippen LogP contribution in [0.4, 0.5) is 9.59 Å². The number of amides is 4. The Labute approximate surface area is 330 Å². The molecule has 2 aromatic rings. The fraction of sp³-hybridized carbons (Fsp3) is 0.675. The zero-order valence-electron chi connectivity index (χ0n) is 34.2. The Bertz CT molecular complexity index is 1580. The standard InChI is InChI=1S/C40H64N6O10/c1-8-9-20-31(37(49)55-22-14-10-11-15-23-56-46(52)53)41-35(47)32(24-29-26-44(39(51)54-7)34-21-13-12-19-30(29)34)42-36(48)33(25-40(4,5)6)43-38(50)45-27(2)17-16-18-28(45)3/h12-13,19,21,26-28,31-33,52-53H,8-11,14-18,20,22-25H2,1-7H3,(H,41,47)(H,42,48)(H,43,50)/t27?,28?,31-,32?,33?/m1/s1. The van der Waals surface area contributed by atoms with E-state index in [9.17, 15) is 24.0 Å². The highest BCUT2D eigenvalue weighted by molar-refractivity contribution is 5.95. The third kappa shape index (κ3) is 14.4. The molecule has 1 aromatic heterocycles. The van der Waals surface area contributed by atoms with Gasteiger partial charge in [-0.1, -0.05) is 65.2 Å². The van der Waals surface area contributed by atoms with E-state index in [0.717, 1.165) is 25.7 Å². The van der Waals surface area contributed by atoms with Gasteiger partial charge in [0, 0.05) is 30.1 Å². The molecule has 4 amide bonds. The van der Waals surface area contributed by atoms with Gasteiger partial charge in [0.05, 0.1) is 31.2 Å². The van der Waals surface area contributed by atoms with Gasteiger partial charge in [-0.3, -0.25) is 29.4 Å². The van der Waals surface area contributed by atoms with Crippen LogP contribution in [0.15, 0.2) is 30.5 Å². The minimum Gasteiger partial charge on any atom is -0.464 e. The number of carbonyl (C=O) groups excluding carboxylic acids is 5. The molecule has 0 radical (unpaired) electrons. The zero-order chi connectivity index (χ0) is 41.4. The van der Waals surface area contributed by atoms with E-state index in [1.54, 1.807) is 29.3 Å². The van der Waals surface area contributed by atoms with Gasteiger partial charge in [-0.25, -0.2) is 14.4 Å². The van der Waals surface area contributed by atoms with Crippen LogP contribution in [0, 0.1) is 5.41 Å². The summed E-state index contributed by atoms with van der Waals surface area (Å²) in [6, 6.07) is 3.64. The Morgan fingerprint density at radius 1 is 0.875 bits per heavy atom. The van der Waals surface area contributed by atoms with Crippen LogP contribution in [0.5, 0.6) is 0 Å². The van der Waals surface area contributed by atoms with Gasteiger partial charge in [0.15, 0.2) is 0 Å². The van der Waals surface area contributed by atoms with Crippen molar-refractivity contribution in [1.29, 1.82) is 0 Å². The first-order valence-electron chi connectivity index (χ1n) is 19.9. The highest BCUT2D eigenvalue weighted by atomic mass is 17.1. The molecule has 1 aromatic carbocycles. The number of benzene rings is 1. The second kappa shape index (κ2) is 22.5. The number of esters is 1. The fourth-order valence-electron chi connectivity index (χ4n) is 7.14. The molecule has 56 heavy (non-hydrogen) atoms. The molecule has 1 aliphatic rings. The first kappa shape index (κ1) is 46.1. The Balaban J connectivity index is 1.88. The maximum absolute atomic E-state index is 14.3. The Morgan fingerprint density at radius 2 is 1.50 bits per heavy atom. The van der Waals surface area contributed by atoms with Crippen molar-refractivity contribution < 1.29 is 48.7 Å². The lowest BCUT2D eigenvalue weighted by atomic mass is 9.87. The summed E-state index contributed by atoms with van der Waals surface area (Å²) in [5.74, 6) is -1.76. The number of nitrogens with zero attached hydrogens (tertiary/aromatic N) is 3. The summed E-state index contributed by atoms with van der Waals surface area (Å²) < 4.78 is 11.9. The van der Waals surface area contributed by atoms with E-state index in [1.165, 1.54) is 11.7 Å². The number of fused-ring (bicyclic) bond motifs is 1. The summed E-state index contributed by atoms with van der Waals surface area (Å²) in [4.78, 5) is 74.7. The Hall–Kier alpha value is -4.25.